The summed E-state index contributed by atoms with van der Waals surface area (Å²) in [7, 11) is -3.50. The van der Waals surface area contributed by atoms with Gasteiger partial charge in [-0.2, -0.15) is 0 Å². The minimum Gasteiger partial charge on any atom is -0.334 e. The van der Waals surface area contributed by atoms with E-state index in [-0.39, 0.29) is 5.03 Å². The molecule has 0 spiro atoms. The number of hydrogen-bond donors (Lipinski definition) is 2. The van der Waals surface area contributed by atoms with Gasteiger partial charge in [0.1, 0.15) is 5.82 Å². The third kappa shape index (κ3) is 4.79. The molecular formula is C15H28N4O2S. The SMILES string of the molecule is CCn1cc(S(=O)(=O)NCCNC2CCCCCC2)nc1C. The predicted molar refractivity (Wildman–Crippen MR) is 87.3 cm³/mol. The van der Waals surface area contributed by atoms with E-state index in [9.17, 15) is 8.42 Å². The highest BCUT2D eigenvalue weighted by atomic mass is 32.2. The van der Waals surface area contributed by atoms with Gasteiger partial charge in [-0.3, -0.25) is 0 Å². The minimum atomic E-state index is -3.50. The van der Waals surface area contributed by atoms with E-state index >= 15 is 0 Å². The fourth-order valence-corrected chi connectivity index (χ4v) is 3.98. The molecule has 0 saturated heterocycles. The van der Waals surface area contributed by atoms with Crippen LogP contribution in [-0.2, 0) is 16.6 Å². The molecule has 0 unspecified atom stereocenters. The van der Waals surface area contributed by atoms with E-state index in [4.69, 9.17) is 0 Å². The molecule has 1 saturated carbocycles. The molecule has 1 fully saturated rings. The number of nitrogens with zero attached hydrogens (tertiary/aromatic N) is 2. The van der Waals surface area contributed by atoms with Crippen molar-refractivity contribution < 1.29 is 8.42 Å². The van der Waals surface area contributed by atoms with Crippen LogP contribution in [0, 0.1) is 6.92 Å². The van der Waals surface area contributed by atoms with Crippen molar-refractivity contribution in [1.29, 1.82) is 0 Å². The standard InChI is InChI=1S/C15H28N4O2S/c1-3-19-12-15(18-13(19)2)22(20,21)17-11-10-16-14-8-6-4-5-7-9-14/h12,14,16-17H,3-11H2,1-2H3. The zero-order chi connectivity index (χ0) is 16.0. The highest BCUT2D eigenvalue weighted by Crippen LogP contribution is 2.16. The average molecular weight is 328 g/mol. The van der Waals surface area contributed by atoms with E-state index < -0.39 is 10.0 Å². The fraction of sp³-hybridized carbons (Fsp3) is 0.800. The van der Waals surface area contributed by atoms with Crippen molar-refractivity contribution in [2.45, 2.75) is 70.0 Å². The lowest BCUT2D eigenvalue weighted by Gasteiger charge is -2.16. The molecule has 2 N–H and O–H groups in total. The van der Waals surface area contributed by atoms with Gasteiger partial charge in [0, 0.05) is 31.9 Å². The summed E-state index contributed by atoms with van der Waals surface area (Å²) >= 11 is 0. The van der Waals surface area contributed by atoms with Crippen LogP contribution in [0.3, 0.4) is 0 Å². The van der Waals surface area contributed by atoms with Gasteiger partial charge in [0.05, 0.1) is 0 Å². The Kier molecular flexibility index (Phi) is 6.40. The Morgan fingerprint density at radius 2 is 1.91 bits per heavy atom. The first kappa shape index (κ1) is 17.4. The number of sulfonamides is 1. The quantitative estimate of drug-likeness (QED) is 0.591. The van der Waals surface area contributed by atoms with E-state index in [0.29, 0.717) is 19.1 Å². The van der Waals surface area contributed by atoms with Crippen LogP contribution < -0.4 is 10.0 Å². The van der Waals surface area contributed by atoms with Crippen molar-refractivity contribution >= 4 is 10.0 Å². The number of nitrogens with one attached hydrogen (secondary N) is 2. The Balaban J connectivity index is 1.79. The predicted octanol–water partition coefficient (Wildman–Crippen LogP) is 1.80. The fourth-order valence-electron chi connectivity index (χ4n) is 2.95. The first-order chi connectivity index (χ1) is 10.5. The van der Waals surface area contributed by atoms with E-state index in [1.165, 1.54) is 38.5 Å². The van der Waals surface area contributed by atoms with Crippen molar-refractivity contribution in [2.75, 3.05) is 13.1 Å². The van der Waals surface area contributed by atoms with Gasteiger partial charge in [-0.25, -0.2) is 18.1 Å². The monoisotopic (exact) mass is 328 g/mol. The maximum atomic E-state index is 12.2. The van der Waals surface area contributed by atoms with Crippen LogP contribution in [-0.4, -0.2) is 37.1 Å². The van der Waals surface area contributed by atoms with Crippen molar-refractivity contribution in [2.24, 2.45) is 0 Å². The van der Waals surface area contributed by atoms with Crippen LogP contribution in [0.25, 0.3) is 0 Å². The largest absolute Gasteiger partial charge is 0.334 e. The average Bonchev–Trinajstić information content (AvgIpc) is 2.71. The lowest BCUT2D eigenvalue weighted by molar-refractivity contribution is 0.461. The number of hydrogen-bond acceptors (Lipinski definition) is 4. The lowest BCUT2D eigenvalue weighted by atomic mass is 10.1. The van der Waals surface area contributed by atoms with Crippen molar-refractivity contribution in [3.8, 4) is 0 Å². The third-order valence-corrected chi connectivity index (χ3v) is 5.61. The molecule has 0 aromatic carbocycles. The van der Waals surface area contributed by atoms with E-state index in [2.05, 4.69) is 15.0 Å². The summed E-state index contributed by atoms with van der Waals surface area (Å²) < 4.78 is 28.9. The molecule has 0 radical (unpaired) electrons. The van der Waals surface area contributed by atoms with Crippen LogP contribution in [0.2, 0.25) is 0 Å². The van der Waals surface area contributed by atoms with E-state index in [0.717, 1.165) is 12.4 Å². The van der Waals surface area contributed by atoms with Gasteiger partial charge in [0.25, 0.3) is 10.0 Å². The second kappa shape index (κ2) is 8.08. The van der Waals surface area contributed by atoms with Gasteiger partial charge in [-0.15, -0.1) is 0 Å². The maximum Gasteiger partial charge on any atom is 0.259 e. The van der Waals surface area contributed by atoms with Crippen molar-refractivity contribution in [3.63, 3.8) is 0 Å². The Morgan fingerprint density at radius 3 is 2.50 bits per heavy atom. The number of rotatable bonds is 7. The number of imidazole rings is 1. The van der Waals surface area contributed by atoms with Gasteiger partial charge in [0.15, 0.2) is 5.03 Å². The molecule has 1 aliphatic carbocycles. The molecule has 0 amide bonds. The first-order valence-corrected chi connectivity index (χ1v) is 9.78. The van der Waals surface area contributed by atoms with E-state index in [1.807, 2.05) is 18.4 Å². The summed E-state index contributed by atoms with van der Waals surface area (Å²) in [5, 5.41) is 3.57. The van der Waals surface area contributed by atoms with Gasteiger partial charge in [0.2, 0.25) is 0 Å². The van der Waals surface area contributed by atoms with Gasteiger partial charge < -0.3 is 9.88 Å². The molecule has 22 heavy (non-hydrogen) atoms. The number of aromatic nitrogens is 2. The molecule has 1 aliphatic rings. The van der Waals surface area contributed by atoms with Crippen LogP contribution >= 0.6 is 0 Å². The molecule has 1 aromatic rings. The summed E-state index contributed by atoms with van der Waals surface area (Å²) in [6.07, 6.45) is 9.19. The summed E-state index contributed by atoms with van der Waals surface area (Å²) in [6, 6.07) is 0.536. The van der Waals surface area contributed by atoms with Gasteiger partial charge in [-0.05, 0) is 26.7 Å². The Hall–Kier alpha value is -0.920. The molecule has 126 valence electrons. The van der Waals surface area contributed by atoms with Gasteiger partial charge >= 0.3 is 0 Å². The smallest absolute Gasteiger partial charge is 0.259 e. The molecule has 0 aliphatic heterocycles. The Morgan fingerprint density at radius 1 is 1.23 bits per heavy atom. The van der Waals surface area contributed by atoms with Crippen molar-refractivity contribution in [1.82, 2.24) is 19.6 Å². The summed E-state index contributed by atoms with van der Waals surface area (Å²) in [6.45, 7) is 5.57. The molecule has 7 heteroatoms. The molecule has 6 nitrogen and oxygen atoms in total. The van der Waals surface area contributed by atoms with Crippen molar-refractivity contribution in [3.05, 3.63) is 12.0 Å². The lowest BCUT2D eigenvalue weighted by Crippen LogP contribution is -2.37. The van der Waals surface area contributed by atoms with Crippen LogP contribution in [0.1, 0.15) is 51.3 Å². The van der Waals surface area contributed by atoms with Crippen LogP contribution in [0.5, 0.6) is 0 Å². The second-order valence-electron chi connectivity index (χ2n) is 5.95. The van der Waals surface area contributed by atoms with Gasteiger partial charge in [-0.1, -0.05) is 25.7 Å². The van der Waals surface area contributed by atoms with E-state index in [1.54, 1.807) is 6.20 Å². The molecule has 1 heterocycles. The first-order valence-electron chi connectivity index (χ1n) is 8.29. The highest BCUT2D eigenvalue weighted by molar-refractivity contribution is 7.89. The zero-order valence-electron chi connectivity index (χ0n) is 13.6. The maximum absolute atomic E-state index is 12.2. The molecule has 2 rings (SSSR count). The summed E-state index contributed by atoms with van der Waals surface area (Å²) in [4.78, 5) is 4.13. The number of aryl methyl sites for hydroxylation is 2. The van der Waals surface area contributed by atoms with Crippen LogP contribution in [0.15, 0.2) is 11.2 Å². The normalized spacial score (nSPS) is 17.5. The summed E-state index contributed by atoms with van der Waals surface area (Å²) in [5.41, 5.74) is 0. The van der Waals surface area contributed by atoms with Crippen LogP contribution in [0.4, 0.5) is 0 Å². The zero-order valence-corrected chi connectivity index (χ0v) is 14.5. The third-order valence-electron chi connectivity index (χ3n) is 4.28. The summed E-state index contributed by atoms with van der Waals surface area (Å²) in [5.74, 6) is 0.722. The molecule has 0 atom stereocenters. The molecular weight excluding hydrogens is 300 g/mol. The Bertz CT molecular complexity index is 560. The molecule has 0 bridgehead atoms. The minimum absolute atomic E-state index is 0.112. The highest BCUT2D eigenvalue weighted by Gasteiger charge is 2.18. The molecule has 1 aromatic heterocycles. The topological polar surface area (TPSA) is 76.0 Å². The Labute approximate surface area is 133 Å². The second-order valence-corrected chi connectivity index (χ2v) is 7.67.